The van der Waals surface area contributed by atoms with Gasteiger partial charge in [-0.25, -0.2) is 0 Å². The predicted octanol–water partition coefficient (Wildman–Crippen LogP) is 3.02. The van der Waals surface area contributed by atoms with Gasteiger partial charge in [-0.3, -0.25) is 0 Å². The van der Waals surface area contributed by atoms with Crippen LogP contribution in [-0.4, -0.2) is 16.1 Å². The van der Waals surface area contributed by atoms with E-state index in [1.54, 1.807) is 6.07 Å². The minimum absolute atomic E-state index is 0.217. The Balaban J connectivity index is 2.01. The van der Waals surface area contributed by atoms with E-state index in [-0.39, 0.29) is 6.10 Å². The SMILES string of the molecule is CC1CCC(Oc2nc(N)cc(Br)n2)CC1C. The first-order chi connectivity index (χ1) is 8.04. The maximum atomic E-state index is 5.80. The molecule has 0 aromatic carbocycles. The lowest BCUT2D eigenvalue weighted by atomic mass is 9.80. The number of rotatable bonds is 2. The summed E-state index contributed by atoms with van der Waals surface area (Å²) < 4.78 is 6.47. The Morgan fingerprint density at radius 3 is 2.71 bits per heavy atom. The van der Waals surface area contributed by atoms with Gasteiger partial charge in [-0.15, -0.1) is 0 Å². The van der Waals surface area contributed by atoms with Crippen LogP contribution in [0.4, 0.5) is 5.82 Å². The number of aromatic nitrogens is 2. The highest BCUT2D eigenvalue weighted by Gasteiger charge is 2.26. The van der Waals surface area contributed by atoms with Gasteiger partial charge in [-0.2, -0.15) is 9.97 Å². The second-order valence-electron chi connectivity index (χ2n) is 4.91. The van der Waals surface area contributed by atoms with Crippen LogP contribution < -0.4 is 10.5 Å². The Morgan fingerprint density at radius 2 is 2.06 bits per heavy atom. The lowest BCUT2D eigenvalue weighted by Gasteiger charge is -2.31. The van der Waals surface area contributed by atoms with Crippen LogP contribution in [0.25, 0.3) is 0 Å². The van der Waals surface area contributed by atoms with Crippen molar-refractivity contribution in [3.63, 3.8) is 0 Å². The average Bonchev–Trinajstić information content (AvgIpc) is 2.22. The van der Waals surface area contributed by atoms with E-state index in [4.69, 9.17) is 10.5 Å². The first kappa shape index (κ1) is 12.6. The Morgan fingerprint density at radius 1 is 1.29 bits per heavy atom. The third-order valence-corrected chi connectivity index (χ3v) is 3.92. The summed E-state index contributed by atoms with van der Waals surface area (Å²) in [7, 11) is 0. The second kappa shape index (κ2) is 5.21. The minimum atomic E-state index is 0.217. The number of hydrogen-bond donors (Lipinski definition) is 1. The molecule has 3 unspecified atom stereocenters. The minimum Gasteiger partial charge on any atom is -0.460 e. The van der Waals surface area contributed by atoms with Gasteiger partial charge in [0.1, 0.15) is 16.5 Å². The molecule has 4 nitrogen and oxygen atoms in total. The van der Waals surface area contributed by atoms with E-state index in [2.05, 4.69) is 39.7 Å². The molecular formula is C12H18BrN3O. The van der Waals surface area contributed by atoms with Crippen molar-refractivity contribution in [3.8, 4) is 6.01 Å². The maximum Gasteiger partial charge on any atom is 0.319 e. The molecule has 1 fully saturated rings. The van der Waals surface area contributed by atoms with E-state index < -0.39 is 0 Å². The van der Waals surface area contributed by atoms with Crippen molar-refractivity contribution in [1.29, 1.82) is 0 Å². The number of hydrogen-bond acceptors (Lipinski definition) is 4. The quantitative estimate of drug-likeness (QED) is 0.853. The largest absolute Gasteiger partial charge is 0.460 e. The zero-order valence-corrected chi connectivity index (χ0v) is 11.8. The third kappa shape index (κ3) is 3.31. The van der Waals surface area contributed by atoms with E-state index in [0.29, 0.717) is 22.3 Å². The van der Waals surface area contributed by atoms with Crippen molar-refractivity contribution in [1.82, 2.24) is 9.97 Å². The zero-order chi connectivity index (χ0) is 12.4. The third-order valence-electron chi connectivity index (χ3n) is 3.52. The van der Waals surface area contributed by atoms with Gasteiger partial charge in [0, 0.05) is 6.07 Å². The fourth-order valence-corrected chi connectivity index (χ4v) is 2.61. The number of nitrogen functional groups attached to an aromatic ring is 1. The van der Waals surface area contributed by atoms with Crippen LogP contribution >= 0.6 is 15.9 Å². The standard InChI is InChI=1S/C12H18BrN3O/c1-7-3-4-9(5-8(7)2)17-12-15-10(13)6-11(14)16-12/h6-9H,3-5H2,1-2H3,(H2,14,15,16). The highest BCUT2D eigenvalue weighted by atomic mass is 79.9. The molecule has 94 valence electrons. The fraction of sp³-hybridized carbons (Fsp3) is 0.667. The van der Waals surface area contributed by atoms with Crippen LogP contribution in [-0.2, 0) is 0 Å². The lowest BCUT2D eigenvalue weighted by molar-refractivity contribution is 0.0919. The van der Waals surface area contributed by atoms with Crippen molar-refractivity contribution in [2.75, 3.05) is 5.73 Å². The molecule has 2 rings (SSSR count). The molecule has 0 spiro atoms. The molecule has 3 atom stereocenters. The van der Waals surface area contributed by atoms with E-state index in [9.17, 15) is 0 Å². The van der Waals surface area contributed by atoms with E-state index in [0.717, 1.165) is 18.8 Å². The van der Waals surface area contributed by atoms with Crippen molar-refractivity contribution < 1.29 is 4.74 Å². The Labute approximate surface area is 110 Å². The molecule has 17 heavy (non-hydrogen) atoms. The molecule has 1 aromatic rings. The Kier molecular flexibility index (Phi) is 3.86. The fourth-order valence-electron chi connectivity index (χ4n) is 2.22. The number of nitrogens with two attached hydrogens (primary N) is 1. The van der Waals surface area contributed by atoms with Crippen molar-refractivity contribution >= 4 is 21.7 Å². The first-order valence-electron chi connectivity index (χ1n) is 6.01. The van der Waals surface area contributed by atoms with Gasteiger partial charge in [0.05, 0.1) is 0 Å². The molecule has 1 heterocycles. The molecule has 1 aliphatic carbocycles. The molecule has 0 bridgehead atoms. The number of nitrogens with zero attached hydrogens (tertiary/aromatic N) is 2. The van der Waals surface area contributed by atoms with Crippen molar-refractivity contribution in [3.05, 3.63) is 10.7 Å². The highest BCUT2D eigenvalue weighted by Crippen LogP contribution is 2.31. The topological polar surface area (TPSA) is 61.0 Å². The van der Waals surface area contributed by atoms with Gasteiger partial charge in [-0.1, -0.05) is 13.8 Å². The molecule has 1 aliphatic rings. The normalized spacial score (nSPS) is 29.0. The van der Waals surface area contributed by atoms with Crippen LogP contribution in [0, 0.1) is 11.8 Å². The summed E-state index contributed by atoms with van der Waals surface area (Å²) in [5.74, 6) is 1.90. The molecule has 5 heteroatoms. The number of anilines is 1. The summed E-state index contributed by atoms with van der Waals surface area (Å²) in [6.07, 6.45) is 3.56. The predicted molar refractivity (Wildman–Crippen MR) is 70.7 cm³/mol. The van der Waals surface area contributed by atoms with Gasteiger partial charge in [0.15, 0.2) is 0 Å². The van der Waals surface area contributed by atoms with Gasteiger partial charge in [0.25, 0.3) is 0 Å². The van der Waals surface area contributed by atoms with Crippen LogP contribution in [0.15, 0.2) is 10.7 Å². The second-order valence-corrected chi connectivity index (χ2v) is 5.72. The van der Waals surface area contributed by atoms with Gasteiger partial charge in [-0.05, 0) is 47.0 Å². The summed E-state index contributed by atoms with van der Waals surface area (Å²) in [6.45, 7) is 4.57. The monoisotopic (exact) mass is 299 g/mol. The molecule has 0 aliphatic heterocycles. The van der Waals surface area contributed by atoms with Crippen LogP contribution in [0.2, 0.25) is 0 Å². The molecule has 2 N–H and O–H groups in total. The van der Waals surface area contributed by atoms with Crippen LogP contribution in [0.3, 0.4) is 0 Å². The molecular weight excluding hydrogens is 282 g/mol. The zero-order valence-electron chi connectivity index (χ0n) is 10.2. The molecule has 0 saturated heterocycles. The van der Waals surface area contributed by atoms with Crippen LogP contribution in [0.5, 0.6) is 6.01 Å². The van der Waals surface area contributed by atoms with Gasteiger partial charge < -0.3 is 10.5 Å². The van der Waals surface area contributed by atoms with E-state index >= 15 is 0 Å². The van der Waals surface area contributed by atoms with E-state index in [1.807, 2.05) is 0 Å². The summed E-state index contributed by atoms with van der Waals surface area (Å²) in [5.41, 5.74) is 5.65. The first-order valence-corrected chi connectivity index (χ1v) is 6.80. The summed E-state index contributed by atoms with van der Waals surface area (Å²) in [4.78, 5) is 8.26. The highest BCUT2D eigenvalue weighted by molar-refractivity contribution is 9.10. The van der Waals surface area contributed by atoms with E-state index in [1.165, 1.54) is 6.42 Å². The average molecular weight is 300 g/mol. The maximum absolute atomic E-state index is 5.80. The summed E-state index contributed by atoms with van der Waals surface area (Å²) in [5, 5.41) is 0. The summed E-state index contributed by atoms with van der Waals surface area (Å²) in [6, 6.07) is 2.04. The smallest absolute Gasteiger partial charge is 0.319 e. The van der Waals surface area contributed by atoms with Crippen molar-refractivity contribution in [2.24, 2.45) is 11.8 Å². The molecule has 1 aromatic heterocycles. The Hall–Kier alpha value is -0.840. The van der Waals surface area contributed by atoms with Gasteiger partial charge >= 0.3 is 6.01 Å². The van der Waals surface area contributed by atoms with Crippen molar-refractivity contribution in [2.45, 2.75) is 39.2 Å². The number of ether oxygens (including phenoxy) is 1. The lowest BCUT2D eigenvalue weighted by Crippen LogP contribution is -2.29. The van der Waals surface area contributed by atoms with Gasteiger partial charge in [0.2, 0.25) is 0 Å². The molecule has 0 radical (unpaired) electrons. The summed E-state index contributed by atoms with van der Waals surface area (Å²) >= 11 is 3.29. The number of halogens is 1. The molecule has 0 amide bonds. The van der Waals surface area contributed by atoms with Crippen LogP contribution in [0.1, 0.15) is 33.1 Å². The Bertz CT molecular complexity index is 379. The molecule has 1 saturated carbocycles.